The van der Waals surface area contributed by atoms with Gasteiger partial charge in [0.1, 0.15) is 13.2 Å². The van der Waals surface area contributed by atoms with Crippen LogP contribution in [0, 0.1) is 0 Å². The molecule has 0 bridgehead atoms. The lowest BCUT2D eigenvalue weighted by Crippen LogP contribution is -2.22. The number of H-pyrrole nitrogens is 2. The van der Waals surface area contributed by atoms with Gasteiger partial charge in [0.2, 0.25) is 0 Å². The highest BCUT2D eigenvalue weighted by Gasteiger charge is 2.04. The number of oxime groups is 2. The number of nitrogens with zero attached hydrogens (tertiary/aromatic N) is 2. The van der Waals surface area contributed by atoms with Crippen molar-refractivity contribution < 1.29 is 19.9 Å². The van der Waals surface area contributed by atoms with Gasteiger partial charge < -0.3 is 24.9 Å². The molecule has 0 radical (unpaired) electrons. The second-order valence-electron chi connectivity index (χ2n) is 4.89. The fourth-order valence-corrected chi connectivity index (χ4v) is 2.14. The largest absolute Gasteiger partial charge is 0.504 e. The molecule has 11 heteroatoms. The van der Waals surface area contributed by atoms with E-state index in [1.807, 2.05) is 4.98 Å². The quantitative estimate of drug-likeness (QED) is 0.214. The van der Waals surface area contributed by atoms with Gasteiger partial charge in [-0.15, -0.1) is 0 Å². The summed E-state index contributed by atoms with van der Waals surface area (Å²) in [6.45, 7) is 0.499. The van der Waals surface area contributed by atoms with E-state index in [0.29, 0.717) is 16.5 Å². The van der Waals surface area contributed by atoms with Crippen LogP contribution in [0.5, 0.6) is 11.5 Å². The maximum absolute atomic E-state index is 11.1. The molecule has 0 saturated heterocycles. The Morgan fingerprint density at radius 2 is 1.65 bits per heavy atom. The van der Waals surface area contributed by atoms with Crippen LogP contribution >= 0.6 is 15.9 Å². The predicted molar refractivity (Wildman–Crippen MR) is 96.9 cm³/mol. The van der Waals surface area contributed by atoms with Crippen molar-refractivity contribution in [2.24, 2.45) is 10.3 Å². The third kappa shape index (κ3) is 6.09. The van der Waals surface area contributed by atoms with Crippen LogP contribution in [0.1, 0.15) is 17.7 Å². The first-order chi connectivity index (χ1) is 12.5. The molecule has 0 aliphatic rings. The molecule has 0 aliphatic carbocycles. The summed E-state index contributed by atoms with van der Waals surface area (Å²) >= 11 is 3.22. The standard InChI is InChI=1S/C15H15BrN4O6/c16-11-6-13(22)12(21)4-9(11)7-17-25-2-1-3-26-18-8-10-5-14(23)20-15(24)19-10/h4-8,21-22H,1-3H2,(H2,19,20,23,24)/b17-7+,18-8+. The van der Waals surface area contributed by atoms with Crippen LogP contribution in [0.15, 0.2) is 42.6 Å². The number of aromatic hydroxyl groups is 2. The van der Waals surface area contributed by atoms with E-state index in [1.54, 1.807) is 0 Å². The first kappa shape index (κ1) is 19.2. The smallest absolute Gasteiger partial charge is 0.326 e. The van der Waals surface area contributed by atoms with E-state index in [2.05, 4.69) is 31.2 Å². The molecule has 0 saturated carbocycles. The monoisotopic (exact) mass is 426 g/mol. The van der Waals surface area contributed by atoms with Crippen LogP contribution in [0.4, 0.5) is 0 Å². The van der Waals surface area contributed by atoms with E-state index in [9.17, 15) is 19.8 Å². The average Bonchev–Trinajstić information content (AvgIpc) is 2.57. The summed E-state index contributed by atoms with van der Waals surface area (Å²) in [4.78, 5) is 36.5. The number of hydrogen-bond acceptors (Lipinski definition) is 8. The van der Waals surface area contributed by atoms with Gasteiger partial charge in [-0.25, -0.2) is 4.79 Å². The lowest BCUT2D eigenvalue weighted by molar-refractivity contribution is 0.0914. The molecule has 0 unspecified atom stereocenters. The maximum Gasteiger partial charge on any atom is 0.326 e. The third-order valence-corrected chi connectivity index (χ3v) is 3.57. The average molecular weight is 427 g/mol. The van der Waals surface area contributed by atoms with Gasteiger partial charge in [0.15, 0.2) is 11.5 Å². The van der Waals surface area contributed by atoms with Gasteiger partial charge in [0, 0.05) is 22.5 Å². The molecule has 1 heterocycles. The van der Waals surface area contributed by atoms with E-state index < -0.39 is 11.2 Å². The molecule has 4 N–H and O–H groups in total. The molecule has 1 aromatic heterocycles. The molecule has 138 valence electrons. The van der Waals surface area contributed by atoms with Crippen LogP contribution in [0.25, 0.3) is 0 Å². The Bertz CT molecular complexity index is 893. The molecule has 0 spiro atoms. The van der Waals surface area contributed by atoms with Crippen molar-refractivity contribution in [3.05, 3.63) is 54.8 Å². The van der Waals surface area contributed by atoms with E-state index >= 15 is 0 Å². The topological polar surface area (TPSA) is 149 Å². The minimum atomic E-state index is -0.626. The van der Waals surface area contributed by atoms with Gasteiger partial charge in [-0.05, 0) is 28.1 Å². The Morgan fingerprint density at radius 1 is 1.00 bits per heavy atom. The minimum Gasteiger partial charge on any atom is -0.504 e. The highest BCUT2D eigenvalue weighted by Crippen LogP contribution is 2.30. The molecule has 0 amide bonds. The van der Waals surface area contributed by atoms with E-state index in [0.717, 1.165) is 0 Å². The number of rotatable bonds is 8. The van der Waals surface area contributed by atoms with E-state index in [4.69, 9.17) is 9.68 Å². The van der Waals surface area contributed by atoms with Gasteiger partial charge in [0.05, 0.1) is 18.1 Å². The molecule has 0 atom stereocenters. The Balaban J connectivity index is 1.68. The van der Waals surface area contributed by atoms with Gasteiger partial charge >= 0.3 is 5.69 Å². The number of halogens is 1. The Kier molecular flexibility index (Phi) is 6.97. The highest BCUT2D eigenvalue weighted by atomic mass is 79.9. The number of hydrogen-bond donors (Lipinski definition) is 4. The molecule has 2 aromatic rings. The number of phenolic OH excluding ortho intramolecular Hbond substituents is 2. The summed E-state index contributed by atoms with van der Waals surface area (Å²) in [6.07, 6.45) is 3.08. The Hall–Kier alpha value is -3.08. The lowest BCUT2D eigenvalue weighted by Gasteiger charge is -2.02. The molecule has 1 aromatic carbocycles. The normalized spacial score (nSPS) is 11.3. The summed E-state index contributed by atoms with van der Waals surface area (Å²) in [6, 6.07) is 3.85. The van der Waals surface area contributed by atoms with Crippen molar-refractivity contribution in [2.45, 2.75) is 6.42 Å². The first-order valence-corrected chi connectivity index (χ1v) is 8.11. The van der Waals surface area contributed by atoms with Crippen molar-refractivity contribution >= 4 is 28.4 Å². The summed E-state index contributed by atoms with van der Waals surface area (Å²) < 4.78 is 0.551. The lowest BCUT2D eigenvalue weighted by atomic mass is 10.2. The molecule has 10 nitrogen and oxygen atoms in total. The van der Waals surface area contributed by atoms with Crippen LogP contribution in [-0.2, 0) is 9.68 Å². The van der Waals surface area contributed by atoms with Crippen LogP contribution in [-0.4, -0.2) is 45.8 Å². The molecular formula is C15H15BrN4O6. The fraction of sp³-hybridized carbons (Fsp3) is 0.200. The number of nitrogens with one attached hydrogen (secondary N) is 2. The van der Waals surface area contributed by atoms with Crippen molar-refractivity contribution in [1.82, 2.24) is 9.97 Å². The van der Waals surface area contributed by atoms with Crippen LogP contribution in [0.3, 0.4) is 0 Å². The maximum atomic E-state index is 11.1. The van der Waals surface area contributed by atoms with Gasteiger partial charge in [-0.3, -0.25) is 9.78 Å². The molecule has 0 fully saturated rings. The molecule has 2 rings (SSSR count). The van der Waals surface area contributed by atoms with Crippen molar-refractivity contribution in [2.75, 3.05) is 13.2 Å². The van der Waals surface area contributed by atoms with E-state index in [1.165, 1.54) is 30.6 Å². The number of aromatic amines is 2. The Morgan fingerprint density at radius 3 is 2.35 bits per heavy atom. The highest BCUT2D eigenvalue weighted by molar-refractivity contribution is 9.10. The summed E-state index contributed by atoms with van der Waals surface area (Å²) in [5, 5.41) is 26.1. The molecular weight excluding hydrogens is 412 g/mol. The van der Waals surface area contributed by atoms with Crippen LogP contribution in [0.2, 0.25) is 0 Å². The van der Waals surface area contributed by atoms with Gasteiger partial charge in [-0.1, -0.05) is 10.3 Å². The molecule has 0 aliphatic heterocycles. The van der Waals surface area contributed by atoms with Crippen LogP contribution < -0.4 is 11.2 Å². The number of aromatic nitrogens is 2. The number of phenols is 2. The minimum absolute atomic E-state index is 0.224. The summed E-state index contributed by atoms with van der Waals surface area (Å²) in [5.41, 5.74) is -0.399. The van der Waals surface area contributed by atoms with Crippen molar-refractivity contribution in [1.29, 1.82) is 0 Å². The molecule has 26 heavy (non-hydrogen) atoms. The first-order valence-electron chi connectivity index (χ1n) is 7.31. The van der Waals surface area contributed by atoms with Crippen molar-refractivity contribution in [3.63, 3.8) is 0 Å². The zero-order valence-corrected chi connectivity index (χ0v) is 14.9. The van der Waals surface area contributed by atoms with E-state index in [-0.39, 0.29) is 30.4 Å². The zero-order chi connectivity index (χ0) is 18.9. The Labute approximate surface area is 154 Å². The second kappa shape index (κ2) is 9.42. The summed E-state index contributed by atoms with van der Waals surface area (Å²) in [5.74, 6) is -0.500. The van der Waals surface area contributed by atoms with Gasteiger partial charge in [-0.2, -0.15) is 0 Å². The fourth-order valence-electron chi connectivity index (χ4n) is 1.71. The zero-order valence-electron chi connectivity index (χ0n) is 13.3. The SMILES string of the molecule is O=c1cc(/C=N/OCCCO/N=C/c2cc(O)c(O)cc2Br)[nH]c(=O)[nH]1. The second-order valence-corrected chi connectivity index (χ2v) is 5.75. The van der Waals surface area contributed by atoms with Gasteiger partial charge in [0.25, 0.3) is 5.56 Å². The predicted octanol–water partition coefficient (Wildman–Crippen LogP) is 1.03. The summed E-state index contributed by atoms with van der Waals surface area (Å²) in [7, 11) is 0. The van der Waals surface area contributed by atoms with Crippen molar-refractivity contribution in [3.8, 4) is 11.5 Å². The third-order valence-electron chi connectivity index (χ3n) is 2.88. The number of benzene rings is 1.